The third-order valence-electron chi connectivity index (χ3n) is 3.09. The largest absolute Gasteiger partial charge is 0.468 e. The van der Waals surface area contributed by atoms with Crippen molar-refractivity contribution in [2.24, 2.45) is 0 Å². The van der Waals surface area contributed by atoms with Crippen LogP contribution in [0.3, 0.4) is 0 Å². The van der Waals surface area contributed by atoms with Crippen LogP contribution in [0.2, 0.25) is 5.02 Å². The van der Waals surface area contributed by atoms with Crippen LogP contribution in [-0.2, 0) is 9.53 Å². The van der Waals surface area contributed by atoms with E-state index in [-0.39, 0.29) is 11.4 Å². The summed E-state index contributed by atoms with van der Waals surface area (Å²) < 4.78 is 45.4. The maximum atomic E-state index is 12.1. The molecule has 0 unspecified atom stereocenters. The Morgan fingerprint density at radius 3 is 2.56 bits per heavy atom. The lowest BCUT2D eigenvalue weighted by Gasteiger charge is -2.09. The summed E-state index contributed by atoms with van der Waals surface area (Å²) in [6, 6.07) is 7.30. The van der Waals surface area contributed by atoms with E-state index >= 15 is 0 Å². The van der Waals surface area contributed by atoms with Gasteiger partial charge in [-0.3, -0.25) is 4.79 Å². The van der Waals surface area contributed by atoms with Gasteiger partial charge in [-0.1, -0.05) is 17.7 Å². The molecular weight excluding hydrogens is 389 g/mol. The lowest BCUT2D eigenvalue weighted by atomic mass is 10.2. The van der Waals surface area contributed by atoms with Crippen LogP contribution in [-0.4, -0.2) is 36.3 Å². The molecule has 0 radical (unpaired) electrons. The zero-order valence-corrected chi connectivity index (χ0v) is 14.7. The standard InChI is InChI=1S/C17H14ClF3N2O4/c1-10-2-4-13(12(18)6-10)23-14(24)8-26-16(25)11-3-5-15(22-7-11)27-9-17(19,20)21/h2-7H,8-9H2,1H3,(H,23,24). The highest BCUT2D eigenvalue weighted by molar-refractivity contribution is 6.33. The Balaban J connectivity index is 1.85. The van der Waals surface area contributed by atoms with Crippen LogP contribution < -0.4 is 10.1 Å². The lowest BCUT2D eigenvalue weighted by molar-refractivity contribution is -0.154. The molecular formula is C17H14ClF3N2O4. The fraction of sp³-hybridized carbons (Fsp3) is 0.235. The number of aryl methyl sites for hydroxylation is 1. The number of nitrogens with zero attached hydrogens (tertiary/aromatic N) is 1. The van der Waals surface area contributed by atoms with E-state index < -0.39 is 31.3 Å². The van der Waals surface area contributed by atoms with Crippen LogP contribution >= 0.6 is 11.6 Å². The Morgan fingerprint density at radius 1 is 1.22 bits per heavy atom. The molecule has 0 atom stereocenters. The second-order valence-corrected chi connectivity index (χ2v) is 5.80. The molecule has 0 saturated heterocycles. The lowest BCUT2D eigenvalue weighted by Crippen LogP contribution is -2.21. The van der Waals surface area contributed by atoms with E-state index in [0.717, 1.165) is 17.8 Å². The van der Waals surface area contributed by atoms with E-state index in [9.17, 15) is 22.8 Å². The van der Waals surface area contributed by atoms with Crippen LogP contribution in [0.15, 0.2) is 36.5 Å². The predicted molar refractivity (Wildman–Crippen MR) is 90.9 cm³/mol. The van der Waals surface area contributed by atoms with Crippen LogP contribution in [0.5, 0.6) is 5.88 Å². The zero-order chi connectivity index (χ0) is 20.0. The van der Waals surface area contributed by atoms with E-state index in [1.54, 1.807) is 18.2 Å². The average Bonchev–Trinajstić information content (AvgIpc) is 2.60. The molecule has 0 aliphatic rings. The van der Waals surface area contributed by atoms with Gasteiger partial charge in [0.15, 0.2) is 13.2 Å². The molecule has 144 valence electrons. The minimum atomic E-state index is -4.49. The van der Waals surface area contributed by atoms with Gasteiger partial charge in [0.25, 0.3) is 5.91 Å². The Morgan fingerprint density at radius 2 is 1.96 bits per heavy atom. The van der Waals surface area contributed by atoms with Gasteiger partial charge >= 0.3 is 12.1 Å². The number of carbonyl (C=O) groups is 2. The number of alkyl halides is 3. The zero-order valence-electron chi connectivity index (χ0n) is 14.0. The van der Waals surface area contributed by atoms with Gasteiger partial charge in [-0.25, -0.2) is 9.78 Å². The number of benzene rings is 1. The fourth-order valence-corrected chi connectivity index (χ4v) is 2.15. The van der Waals surface area contributed by atoms with Crippen molar-refractivity contribution in [3.05, 3.63) is 52.7 Å². The summed E-state index contributed by atoms with van der Waals surface area (Å²) in [7, 11) is 0. The Labute approximate surface area is 157 Å². The maximum Gasteiger partial charge on any atom is 0.422 e. The van der Waals surface area contributed by atoms with Crippen molar-refractivity contribution in [2.45, 2.75) is 13.1 Å². The molecule has 6 nitrogen and oxygen atoms in total. The number of rotatable bonds is 6. The number of aromatic nitrogens is 1. The Hall–Kier alpha value is -2.81. The minimum Gasteiger partial charge on any atom is -0.468 e. The first-order valence-electron chi connectivity index (χ1n) is 7.53. The highest BCUT2D eigenvalue weighted by atomic mass is 35.5. The molecule has 0 saturated carbocycles. The number of nitrogens with one attached hydrogen (secondary N) is 1. The number of halogens is 4. The summed E-state index contributed by atoms with van der Waals surface area (Å²) >= 11 is 5.99. The summed E-state index contributed by atoms with van der Waals surface area (Å²) in [4.78, 5) is 27.3. The molecule has 27 heavy (non-hydrogen) atoms. The monoisotopic (exact) mass is 402 g/mol. The molecule has 10 heteroatoms. The summed E-state index contributed by atoms with van der Waals surface area (Å²) in [5, 5.41) is 2.83. The molecule has 1 amide bonds. The van der Waals surface area contributed by atoms with Crippen molar-refractivity contribution in [3.63, 3.8) is 0 Å². The highest BCUT2D eigenvalue weighted by Gasteiger charge is 2.28. The van der Waals surface area contributed by atoms with Gasteiger partial charge in [-0.15, -0.1) is 0 Å². The SMILES string of the molecule is Cc1ccc(NC(=O)COC(=O)c2ccc(OCC(F)(F)F)nc2)c(Cl)c1. The molecule has 0 aliphatic heterocycles. The van der Waals surface area contributed by atoms with Crippen LogP contribution in [0.1, 0.15) is 15.9 Å². The first-order valence-corrected chi connectivity index (χ1v) is 7.90. The Kier molecular flexibility index (Phi) is 6.62. The van der Waals surface area contributed by atoms with Gasteiger partial charge in [0.05, 0.1) is 16.3 Å². The summed E-state index contributed by atoms with van der Waals surface area (Å²) in [6.45, 7) is -0.229. The van der Waals surface area contributed by atoms with E-state index in [0.29, 0.717) is 10.7 Å². The van der Waals surface area contributed by atoms with Gasteiger partial charge in [-0.05, 0) is 30.7 Å². The molecule has 0 bridgehead atoms. The molecule has 1 N–H and O–H groups in total. The van der Waals surface area contributed by atoms with E-state index in [2.05, 4.69) is 15.0 Å². The van der Waals surface area contributed by atoms with Crippen LogP contribution in [0, 0.1) is 6.92 Å². The number of pyridine rings is 1. The topological polar surface area (TPSA) is 77.5 Å². The molecule has 2 rings (SSSR count). The number of amides is 1. The van der Waals surface area contributed by atoms with Gasteiger partial charge in [0.2, 0.25) is 5.88 Å². The predicted octanol–water partition coefficient (Wildman–Crippen LogP) is 3.78. The molecule has 2 aromatic rings. The van der Waals surface area contributed by atoms with Crippen molar-refractivity contribution in [1.29, 1.82) is 0 Å². The third-order valence-corrected chi connectivity index (χ3v) is 3.40. The van der Waals surface area contributed by atoms with Crippen molar-refractivity contribution < 1.29 is 32.2 Å². The van der Waals surface area contributed by atoms with Gasteiger partial charge in [0, 0.05) is 12.3 Å². The molecule has 1 aromatic carbocycles. The second kappa shape index (κ2) is 8.72. The van der Waals surface area contributed by atoms with Gasteiger partial charge in [-0.2, -0.15) is 13.2 Å². The number of anilines is 1. The number of esters is 1. The first kappa shape index (κ1) is 20.5. The fourth-order valence-electron chi connectivity index (χ4n) is 1.86. The second-order valence-electron chi connectivity index (χ2n) is 5.40. The number of hydrogen-bond acceptors (Lipinski definition) is 5. The Bertz CT molecular complexity index is 826. The van der Waals surface area contributed by atoms with E-state index in [4.69, 9.17) is 16.3 Å². The van der Waals surface area contributed by atoms with Gasteiger partial charge < -0.3 is 14.8 Å². The maximum absolute atomic E-state index is 12.1. The molecule has 0 spiro atoms. The average molecular weight is 403 g/mol. The first-order chi connectivity index (χ1) is 12.6. The highest BCUT2D eigenvalue weighted by Crippen LogP contribution is 2.22. The van der Waals surface area contributed by atoms with Gasteiger partial charge in [0.1, 0.15) is 0 Å². The molecule has 0 aliphatic carbocycles. The van der Waals surface area contributed by atoms with Crippen molar-refractivity contribution in [1.82, 2.24) is 4.98 Å². The van der Waals surface area contributed by atoms with Crippen LogP contribution in [0.25, 0.3) is 0 Å². The quantitative estimate of drug-likeness (QED) is 0.744. The molecule has 1 heterocycles. The normalized spacial score (nSPS) is 11.0. The van der Waals surface area contributed by atoms with Crippen LogP contribution in [0.4, 0.5) is 18.9 Å². The molecule has 1 aromatic heterocycles. The minimum absolute atomic E-state index is 0.0458. The van der Waals surface area contributed by atoms with E-state index in [1.807, 2.05) is 6.92 Å². The third kappa shape index (κ3) is 6.78. The smallest absolute Gasteiger partial charge is 0.422 e. The van der Waals surface area contributed by atoms with Crippen molar-refractivity contribution >= 4 is 29.2 Å². The van der Waals surface area contributed by atoms with Crippen molar-refractivity contribution in [2.75, 3.05) is 18.5 Å². The number of ether oxygens (including phenoxy) is 2. The number of hydrogen-bond donors (Lipinski definition) is 1. The van der Waals surface area contributed by atoms with Crippen molar-refractivity contribution in [3.8, 4) is 5.88 Å². The molecule has 0 fully saturated rings. The van der Waals surface area contributed by atoms with E-state index in [1.165, 1.54) is 6.07 Å². The number of carbonyl (C=O) groups excluding carboxylic acids is 2. The summed E-state index contributed by atoms with van der Waals surface area (Å²) in [5.41, 5.74) is 1.24. The summed E-state index contributed by atoms with van der Waals surface area (Å²) in [6.07, 6.45) is -3.50. The summed E-state index contributed by atoms with van der Waals surface area (Å²) in [5.74, 6) is -1.77.